The number of aromatic amines is 1. The van der Waals surface area contributed by atoms with Gasteiger partial charge in [0.05, 0.1) is 18.5 Å². The van der Waals surface area contributed by atoms with Crippen molar-refractivity contribution in [1.82, 2.24) is 25.9 Å². The van der Waals surface area contributed by atoms with Gasteiger partial charge in [-0.3, -0.25) is 14.4 Å². The van der Waals surface area contributed by atoms with Gasteiger partial charge in [0.2, 0.25) is 17.7 Å². The van der Waals surface area contributed by atoms with Gasteiger partial charge in [-0.25, -0.2) is 9.78 Å². The van der Waals surface area contributed by atoms with Crippen LogP contribution in [0.25, 0.3) is 0 Å². The molecular formula is C19H33N7O6S. The zero-order valence-corrected chi connectivity index (χ0v) is 19.3. The number of carboxylic acid groups (broad SMARTS) is 1. The Morgan fingerprint density at radius 1 is 1.12 bits per heavy atom. The lowest BCUT2D eigenvalue weighted by molar-refractivity contribution is -0.141. The van der Waals surface area contributed by atoms with E-state index in [1.807, 2.05) is 0 Å². The molecule has 0 aliphatic heterocycles. The van der Waals surface area contributed by atoms with Gasteiger partial charge in [-0.1, -0.05) is 0 Å². The van der Waals surface area contributed by atoms with Gasteiger partial charge in [0.1, 0.15) is 18.1 Å². The summed E-state index contributed by atoms with van der Waals surface area (Å²) in [5.74, 6) is -3.65. The molecule has 1 rings (SSSR count). The highest BCUT2D eigenvalue weighted by atomic mass is 32.1. The van der Waals surface area contributed by atoms with E-state index in [0.29, 0.717) is 25.1 Å². The summed E-state index contributed by atoms with van der Waals surface area (Å²) in [6, 6.07) is -4.77. The van der Waals surface area contributed by atoms with Crippen LogP contribution in [0.15, 0.2) is 12.5 Å². The number of aliphatic hydroxyl groups is 1. The van der Waals surface area contributed by atoms with Gasteiger partial charge in [0, 0.05) is 24.1 Å². The van der Waals surface area contributed by atoms with Gasteiger partial charge in [-0.15, -0.1) is 0 Å². The van der Waals surface area contributed by atoms with Crippen molar-refractivity contribution in [3.63, 3.8) is 0 Å². The lowest BCUT2D eigenvalue weighted by atomic mass is 10.1. The van der Waals surface area contributed by atoms with Gasteiger partial charge in [-0.05, 0) is 32.7 Å². The van der Waals surface area contributed by atoms with Crippen LogP contribution in [0.3, 0.4) is 0 Å². The molecule has 5 atom stereocenters. The van der Waals surface area contributed by atoms with E-state index in [-0.39, 0.29) is 18.6 Å². The van der Waals surface area contributed by atoms with Crippen molar-refractivity contribution in [2.75, 3.05) is 12.3 Å². The number of nitrogens with one attached hydrogen (secondary N) is 4. The fraction of sp³-hybridized carbons (Fsp3) is 0.632. The molecule has 5 unspecified atom stereocenters. The number of nitrogens with zero attached hydrogens (tertiary/aromatic N) is 1. The van der Waals surface area contributed by atoms with E-state index in [1.165, 1.54) is 19.4 Å². The number of aromatic nitrogens is 2. The van der Waals surface area contributed by atoms with Crippen molar-refractivity contribution < 1.29 is 29.4 Å². The zero-order chi connectivity index (χ0) is 25.0. The van der Waals surface area contributed by atoms with Crippen molar-refractivity contribution in [3.05, 3.63) is 18.2 Å². The molecule has 0 spiro atoms. The zero-order valence-electron chi connectivity index (χ0n) is 18.4. The number of aliphatic hydroxyl groups excluding tert-OH is 1. The van der Waals surface area contributed by atoms with Gasteiger partial charge >= 0.3 is 5.97 Å². The first-order valence-electron chi connectivity index (χ1n) is 10.5. The summed E-state index contributed by atoms with van der Waals surface area (Å²) in [4.78, 5) is 55.7. The first kappa shape index (κ1) is 28.4. The van der Waals surface area contributed by atoms with Crippen molar-refractivity contribution in [2.24, 2.45) is 11.5 Å². The molecule has 13 nitrogen and oxygen atoms in total. The number of H-pyrrole nitrogens is 1. The van der Waals surface area contributed by atoms with Crippen LogP contribution < -0.4 is 27.4 Å². The van der Waals surface area contributed by atoms with E-state index < -0.39 is 54.0 Å². The number of carboxylic acids is 1. The first-order valence-corrected chi connectivity index (χ1v) is 11.1. The lowest BCUT2D eigenvalue weighted by Gasteiger charge is -2.26. The fourth-order valence-corrected chi connectivity index (χ4v) is 3.12. The first-order chi connectivity index (χ1) is 15.6. The second-order valence-corrected chi connectivity index (χ2v) is 7.91. The number of carbonyl (C=O) groups excluding carboxylic acids is 3. The summed E-state index contributed by atoms with van der Waals surface area (Å²) in [6.45, 7) is 1.67. The van der Waals surface area contributed by atoms with E-state index in [0.717, 1.165) is 0 Å². The van der Waals surface area contributed by atoms with Crippen LogP contribution in [0.4, 0.5) is 0 Å². The Labute approximate surface area is 196 Å². The summed E-state index contributed by atoms with van der Waals surface area (Å²) in [6.07, 6.45) is 3.00. The second-order valence-electron chi connectivity index (χ2n) is 7.54. The quantitative estimate of drug-likeness (QED) is 0.0922. The number of thiol groups is 1. The topological polar surface area (TPSA) is 226 Å². The predicted octanol–water partition coefficient (Wildman–Crippen LogP) is -2.74. The molecule has 0 radical (unpaired) electrons. The molecule has 0 saturated heterocycles. The molecule has 0 fully saturated rings. The van der Waals surface area contributed by atoms with Crippen LogP contribution in [0.5, 0.6) is 0 Å². The second kappa shape index (κ2) is 14.5. The normalized spacial score (nSPS) is 15.5. The highest BCUT2D eigenvalue weighted by molar-refractivity contribution is 7.80. The standard InChI is InChI=1S/C19H33N7O6S/c1-10(27)15(26-16(28)12(21)6-11-7-22-9-23-11)18(30)24-13(4-2-3-5-20)17(29)25-14(8-33)19(31)32/h7,9-10,12-15,27,33H,2-6,8,20-21H2,1H3,(H,22,23)(H,24,30)(H,25,29)(H,26,28)(H,31,32). The minimum Gasteiger partial charge on any atom is -0.480 e. The summed E-state index contributed by atoms with van der Waals surface area (Å²) in [7, 11) is 0. The molecule has 0 aliphatic rings. The fourth-order valence-electron chi connectivity index (χ4n) is 2.87. The largest absolute Gasteiger partial charge is 0.480 e. The van der Waals surface area contributed by atoms with E-state index in [4.69, 9.17) is 16.6 Å². The Balaban J connectivity index is 2.86. The maximum Gasteiger partial charge on any atom is 0.327 e. The Morgan fingerprint density at radius 3 is 2.30 bits per heavy atom. The molecule has 33 heavy (non-hydrogen) atoms. The van der Waals surface area contributed by atoms with Gasteiger partial charge in [0.25, 0.3) is 0 Å². The highest BCUT2D eigenvalue weighted by Gasteiger charge is 2.32. The van der Waals surface area contributed by atoms with Crippen molar-refractivity contribution >= 4 is 36.3 Å². The molecule has 14 heteroatoms. The Bertz CT molecular complexity index is 777. The van der Waals surface area contributed by atoms with Crippen molar-refractivity contribution in [2.45, 2.75) is 62.9 Å². The highest BCUT2D eigenvalue weighted by Crippen LogP contribution is 2.05. The number of nitrogens with two attached hydrogens (primary N) is 2. The maximum absolute atomic E-state index is 12.8. The molecule has 186 valence electrons. The third-order valence-corrected chi connectivity index (χ3v) is 5.14. The van der Waals surface area contributed by atoms with Crippen LogP contribution in [0.1, 0.15) is 31.9 Å². The number of unbranched alkanes of at least 4 members (excludes halogenated alkanes) is 1. The number of amides is 3. The molecule has 1 aromatic heterocycles. The Morgan fingerprint density at radius 2 is 1.79 bits per heavy atom. The number of rotatable bonds is 15. The van der Waals surface area contributed by atoms with Crippen LogP contribution in [-0.4, -0.2) is 86.4 Å². The van der Waals surface area contributed by atoms with E-state index in [1.54, 1.807) is 0 Å². The smallest absolute Gasteiger partial charge is 0.327 e. The third-order valence-electron chi connectivity index (χ3n) is 4.77. The number of hydrogen-bond acceptors (Lipinski definition) is 9. The molecule has 0 saturated carbocycles. The number of imidazole rings is 1. The molecule has 3 amide bonds. The van der Waals surface area contributed by atoms with Gasteiger partial charge in [-0.2, -0.15) is 12.6 Å². The van der Waals surface area contributed by atoms with Crippen LogP contribution in [0, 0.1) is 0 Å². The summed E-state index contributed by atoms with van der Waals surface area (Å²) in [5.41, 5.74) is 12.0. The number of hydrogen-bond donors (Lipinski definition) is 9. The summed E-state index contributed by atoms with van der Waals surface area (Å²) < 4.78 is 0. The lowest BCUT2D eigenvalue weighted by Crippen LogP contribution is -2.60. The third kappa shape index (κ3) is 9.77. The Kier molecular flexibility index (Phi) is 12.4. The number of aliphatic carboxylic acids is 1. The van der Waals surface area contributed by atoms with Crippen LogP contribution >= 0.6 is 12.6 Å². The molecule has 1 heterocycles. The summed E-state index contributed by atoms with van der Waals surface area (Å²) >= 11 is 3.90. The Hall–Kier alpha value is -2.68. The van der Waals surface area contributed by atoms with Gasteiger partial charge < -0.3 is 42.6 Å². The summed E-state index contributed by atoms with van der Waals surface area (Å²) in [5, 5.41) is 26.4. The van der Waals surface area contributed by atoms with E-state index >= 15 is 0 Å². The minimum absolute atomic E-state index is 0.129. The molecule has 0 bridgehead atoms. The average molecular weight is 488 g/mol. The molecular weight excluding hydrogens is 454 g/mol. The molecule has 1 aromatic rings. The van der Waals surface area contributed by atoms with Crippen LogP contribution in [-0.2, 0) is 25.6 Å². The van der Waals surface area contributed by atoms with Gasteiger partial charge in [0.15, 0.2) is 0 Å². The molecule has 10 N–H and O–H groups in total. The van der Waals surface area contributed by atoms with E-state index in [9.17, 15) is 24.3 Å². The van der Waals surface area contributed by atoms with Crippen molar-refractivity contribution in [3.8, 4) is 0 Å². The molecule has 0 aromatic carbocycles. The predicted molar refractivity (Wildman–Crippen MR) is 122 cm³/mol. The molecule has 0 aliphatic carbocycles. The van der Waals surface area contributed by atoms with Crippen molar-refractivity contribution in [1.29, 1.82) is 0 Å². The van der Waals surface area contributed by atoms with E-state index in [2.05, 4.69) is 38.5 Å². The van der Waals surface area contributed by atoms with Crippen LogP contribution in [0.2, 0.25) is 0 Å². The minimum atomic E-state index is -1.39. The number of carbonyl (C=O) groups is 4. The maximum atomic E-state index is 12.8. The average Bonchev–Trinajstić information content (AvgIpc) is 3.27. The SMILES string of the molecule is CC(O)C(NC(=O)C(N)Cc1cnc[nH]1)C(=O)NC(CCCCN)C(=O)NC(CS)C(=O)O. The monoisotopic (exact) mass is 487 g/mol.